The van der Waals surface area contributed by atoms with E-state index in [0.29, 0.717) is 11.8 Å². The monoisotopic (exact) mass is 287 g/mol. The molecule has 0 amide bonds. The van der Waals surface area contributed by atoms with Gasteiger partial charge in [0.15, 0.2) is 0 Å². The van der Waals surface area contributed by atoms with E-state index < -0.39 is 0 Å². The number of rotatable bonds is 3. The fraction of sp³-hybridized carbons (Fsp3) is 0.778. The third-order valence-electron chi connectivity index (χ3n) is 5.26. The first-order chi connectivity index (χ1) is 10.2. The molecule has 1 aromatic heterocycles. The summed E-state index contributed by atoms with van der Waals surface area (Å²) in [6.45, 7) is 8.85. The predicted molar refractivity (Wildman–Crippen MR) is 86.5 cm³/mol. The van der Waals surface area contributed by atoms with Gasteiger partial charge in [-0.05, 0) is 43.2 Å². The molecule has 0 spiro atoms. The van der Waals surface area contributed by atoms with Crippen molar-refractivity contribution in [3.8, 4) is 0 Å². The molecule has 2 aliphatic rings. The van der Waals surface area contributed by atoms with Crippen LogP contribution in [0.4, 0.5) is 0 Å². The molecular weight excluding hydrogens is 258 g/mol. The van der Waals surface area contributed by atoms with Crippen LogP contribution >= 0.6 is 0 Å². The molecule has 2 heterocycles. The quantitative estimate of drug-likeness (QED) is 0.915. The lowest BCUT2D eigenvalue weighted by Gasteiger charge is -2.29. The molecule has 1 fully saturated rings. The number of nitrogens with zero attached hydrogens (tertiary/aromatic N) is 2. The molecule has 1 aliphatic heterocycles. The van der Waals surface area contributed by atoms with Crippen LogP contribution in [-0.2, 0) is 13.0 Å². The number of hydrogen-bond donors (Lipinski definition) is 1. The molecule has 0 saturated heterocycles. The van der Waals surface area contributed by atoms with Crippen molar-refractivity contribution in [3.05, 3.63) is 22.8 Å². The van der Waals surface area contributed by atoms with Crippen LogP contribution in [0, 0.1) is 5.92 Å². The lowest BCUT2D eigenvalue weighted by atomic mass is 9.79. The van der Waals surface area contributed by atoms with E-state index in [2.05, 4.69) is 26.1 Å². The van der Waals surface area contributed by atoms with Gasteiger partial charge in [-0.25, -0.2) is 9.97 Å². The Bertz CT molecular complexity index is 495. The Morgan fingerprint density at radius 3 is 2.86 bits per heavy atom. The van der Waals surface area contributed by atoms with Gasteiger partial charge >= 0.3 is 0 Å². The van der Waals surface area contributed by atoms with Crippen molar-refractivity contribution in [2.45, 2.75) is 77.7 Å². The maximum absolute atomic E-state index is 5.04. The fourth-order valence-electron chi connectivity index (χ4n) is 3.96. The average Bonchev–Trinajstić information content (AvgIpc) is 2.53. The van der Waals surface area contributed by atoms with Crippen LogP contribution in [0.15, 0.2) is 0 Å². The van der Waals surface area contributed by atoms with Gasteiger partial charge in [-0.2, -0.15) is 0 Å². The minimum atomic E-state index is 0.504. The zero-order chi connectivity index (χ0) is 14.8. The van der Waals surface area contributed by atoms with Crippen LogP contribution < -0.4 is 5.32 Å². The Morgan fingerprint density at radius 1 is 1.24 bits per heavy atom. The lowest BCUT2D eigenvalue weighted by molar-refractivity contribution is 0.306. The van der Waals surface area contributed by atoms with Gasteiger partial charge in [-0.15, -0.1) is 0 Å². The normalized spacial score (nSPS) is 25.9. The number of fused-ring (bicyclic) bond motifs is 1. The Kier molecular flexibility index (Phi) is 4.58. The molecule has 1 N–H and O–H groups in total. The zero-order valence-electron chi connectivity index (χ0n) is 13.8. The first-order valence-electron chi connectivity index (χ1n) is 8.79. The molecular formula is C18H29N3. The highest BCUT2D eigenvalue weighted by atomic mass is 15.0. The molecule has 3 heteroatoms. The van der Waals surface area contributed by atoms with Crippen molar-refractivity contribution in [1.82, 2.24) is 15.3 Å². The summed E-state index contributed by atoms with van der Waals surface area (Å²) in [6, 6.07) is 0. The molecule has 116 valence electrons. The van der Waals surface area contributed by atoms with Gasteiger partial charge < -0.3 is 5.32 Å². The summed E-state index contributed by atoms with van der Waals surface area (Å²) in [7, 11) is 0. The molecule has 0 bridgehead atoms. The van der Waals surface area contributed by atoms with E-state index in [-0.39, 0.29) is 0 Å². The van der Waals surface area contributed by atoms with Gasteiger partial charge in [0.05, 0.1) is 11.4 Å². The number of hydrogen-bond acceptors (Lipinski definition) is 3. The van der Waals surface area contributed by atoms with Crippen molar-refractivity contribution in [3.63, 3.8) is 0 Å². The van der Waals surface area contributed by atoms with E-state index in [1.807, 2.05) is 0 Å². The first-order valence-corrected chi connectivity index (χ1v) is 8.79. The SMILES string of the molecule is CCC1CCCC(c2nc3c(c(C(C)C)n2)CCNC3)C1. The van der Waals surface area contributed by atoms with E-state index in [0.717, 1.165) is 31.3 Å². The third-order valence-corrected chi connectivity index (χ3v) is 5.26. The average molecular weight is 287 g/mol. The van der Waals surface area contributed by atoms with E-state index in [1.165, 1.54) is 49.1 Å². The minimum absolute atomic E-state index is 0.504. The third kappa shape index (κ3) is 3.13. The molecule has 2 unspecified atom stereocenters. The second-order valence-electron chi connectivity index (χ2n) is 7.11. The van der Waals surface area contributed by atoms with Crippen molar-refractivity contribution in [2.24, 2.45) is 5.92 Å². The summed E-state index contributed by atoms with van der Waals surface area (Å²) in [5, 5.41) is 3.47. The van der Waals surface area contributed by atoms with Gasteiger partial charge in [0, 0.05) is 12.5 Å². The number of nitrogens with one attached hydrogen (secondary N) is 1. The molecule has 0 radical (unpaired) electrons. The maximum atomic E-state index is 5.04. The van der Waals surface area contributed by atoms with Crippen LogP contribution in [0.2, 0.25) is 0 Å². The topological polar surface area (TPSA) is 37.8 Å². The summed E-state index contributed by atoms with van der Waals surface area (Å²) in [5.41, 5.74) is 4.01. The second kappa shape index (κ2) is 6.43. The Balaban J connectivity index is 1.93. The van der Waals surface area contributed by atoms with E-state index >= 15 is 0 Å². The van der Waals surface area contributed by atoms with Crippen molar-refractivity contribution in [1.29, 1.82) is 0 Å². The summed E-state index contributed by atoms with van der Waals surface area (Å²) in [6.07, 6.45) is 7.71. The largest absolute Gasteiger partial charge is 0.311 e. The summed E-state index contributed by atoms with van der Waals surface area (Å²) in [5.74, 6) is 3.11. The molecule has 21 heavy (non-hydrogen) atoms. The highest BCUT2D eigenvalue weighted by Crippen LogP contribution is 2.37. The molecule has 1 saturated carbocycles. The van der Waals surface area contributed by atoms with Crippen LogP contribution in [0.5, 0.6) is 0 Å². The Morgan fingerprint density at radius 2 is 2.10 bits per heavy atom. The van der Waals surface area contributed by atoms with E-state index in [1.54, 1.807) is 0 Å². The van der Waals surface area contributed by atoms with Gasteiger partial charge in [-0.1, -0.05) is 40.0 Å². The van der Waals surface area contributed by atoms with Gasteiger partial charge in [-0.3, -0.25) is 0 Å². The lowest BCUT2D eigenvalue weighted by Crippen LogP contribution is -2.28. The molecule has 1 aliphatic carbocycles. The Hall–Kier alpha value is -0.960. The Labute approximate surface area is 129 Å². The predicted octanol–water partition coefficient (Wildman–Crippen LogP) is 3.93. The number of aromatic nitrogens is 2. The van der Waals surface area contributed by atoms with Gasteiger partial charge in [0.25, 0.3) is 0 Å². The van der Waals surface area contributed by atoms with Crippen LogP contribution in [0.3, 0.4) is 0 Å². The molecule has 3 rings (SSSR count). The van der Waals surface area contributed by atoms with E-state index in [4.69, 9.17) is 9.97 Å². The van der Waals surface area contributed by atoms with Crippen molar-refractivity contribution < 1.29 is 0 Å². The standard InChI is InChI=1S/C18H29N3/c1-4-13-6-5-7-14(10-13)18-20-16-11-19-9-8-15(16)17(21-18)12(2)3/h12-14,19H,4-11H2,1-3H3. The summed E-state index contributed by atoms with van der Waals surface area (Å²) < 4.78 is 0. The van der Waals surface area contributed by atoms with Crippen LogP contribution in [-0.4, -0.2) is 16.5 Å². The summed E-state index contributed by atoms with van der Waals surface area (Å²) in [4.78, 5) is 10.0. The molecule has 2 atom stereocenters. The van der Waals surface area contributed by atoms with Crippen molar-refractivity contribution in [2.75, 3.05) is 6.54 Å². The van der Waals surface area contributed by atoms with Crippen molar-refractivity contribution >= 4 is 0 Å². The van der Waals surface area contributed by atoms with Crippen LogP contribution in [0.1, 0.15) is 87.5 Å². The van der Waals surface area contributed by atoms with Gasteiger partial charge in [0.1, 0.15) is 5.82 Å². The highest BCUT2D eigenvalue weighted by Gasteiger charge is 2.27. The maximum Gasteiger partial charge on any atom is 0.132 e. The summed E-state index contributed by atoms with van der Waals surface area (Å²) >= 11 is 0. The fourth-order valence-corrected chi connectivity index (χ4v) is 3.96. The smallest absolute Gasteiger partial charge is 0.132 e. The molecule has 3 nitrogen and oxygen atoms in total. The van der Waals surface area contributed by atoms with Gasteiger partial charge in [0.2, 0.25) is 0 Å². The molecule has 1 aromatic rings. The highest BCUT2D eigenvalue weighted by molar-refractivity contribution is 5.31. The van der Waals surface area contributed by atoms with E-state index in [9.17, 15) is 0 Å². The molecule has 0 aromatic carbocycles. The van der Waals surface area contributed by atoms with Crippen LogP contribution in [0.25, 0.3) is 0 Å². The minimum Gasteiger partial charge on any atom is -0.311 e. The first kappa shape index (κ1) is 15.0. The zero-order valence-corrected chi connectivity index (χ0v) is 13.8. The second-order valence-corrected chi connectivity index (χ2v) is 7.11.